The molecule has 0 aliphatic heterocycles. The average Bonchev–Trinajstić information content (AvgIpc) is 2.20. The van der Waals surface area contributed by atoms with Crippen molar-refractivity contribution in [1.29, 1.82) is 0 Å². The summed E-state index contributed by atoms with van der Waals surface area (Å²) in [5.41, 5.74) is 0. The van der Waals surface area contributed by atoms with E-state index in [0.29, 0.717) is 19.3 Å². The number of aliphatic hydroxyl groups excluding tert-OH is 2. The van der Waals surface area contributed by atoms with Crippen LogP contribution in [0.1, 0.15) is 45.4 Å². The second kappa shape index (κ2) is 11.0. The first-order valence-corrected chi connectivity index (χ1v) is 5.76. The van der Waals surface area contributed by atoms with Gasteiger partial charge in [-0.1, -0.05) is 12.8 Å². The lowest BCUT2D eigenvalue weighted by Gasteiger charge is -2.12. The molecule has 0 heterocycles. The van der Waals surface area contributed by atoms with Crippen molar-refractivity contribution in [2.75, 3.05) is 19.8 Å². The topological polar surface area (TPSA) is 52.5 Å². The van der Waals surface area contributed by atoms with Gasteiger partial charge in [0.1, 0.15) is 0 Å². The monoisotopic (exact) mass is 203 g/mol. The summed E-state index contributed by atoms with van der Waals surface area (Å²) in [7, 11) is 0. The van der Waals surface area contributed by atoms with Gasteiger partial charge in [0.05, 0.1) is 0 Å². The van der Waals surface area contributed by atoms with Crippen molar-refractivity contribution in [3.05, 3.63) is 0 Å². The van der Waals surface area contributed by atoms with Crippen LogP contribution >= 0.6 is 0 Å². The van der Waals surface area contributed by atoms with Crippen LogP contribution in [0.15, 0.2) is 0 Å². The fourth-order valence-electron chi connectivity index (χ4n) is 1.44. The Labute approximate surface area is 87.5 Å². The zero-order chi connectivity index (χ0) is 10.6. The van der Waals surface area contributed by atoms with Gasteiger partial charge in [-0.15, -0.1) is 0 Å². The van der Waals surface area contributed by atoms with Crippen LogP contribution in [0, 0.1) is 0 Å². The summed E-state index contributed by atoms with van der Waals surface area (Å²) in [6, 6.07) is 0.514. The zero-order valence-corrected chi connectivity index (χ0v) is 9.34. The second-order valence-corrected chi connectivity index (χ2v) is 3.86. The van der Waals surface area contributed by atoms with Gasteiger partial charge < -0.3 is 15.5 Å². The molecular formula is C11H25NO2. The maximum absolute atomic E-state index is 8.63. The summed E-state index contributed by atoms with van der Waals surface area (Å²) in [5, 5.41) is 20.6. The van der Waals surface area contributed by atoms with Crippen LogP contribution in [0.4, 0.5) is 0 Å². The molecule has 0 aromatic carbocycles. The summed E-state index contributed by atoms with van der Waals surface area (Å²) in [6.07, 6.45) is 6.37. The molecule has 0 spiro atoms. The van der Waals surface area contributed by atoms with E-state index in [-0.39, 0.29) is 0 Å². The molecule has 0 radical (unpaired) electrons. The number of aliphatic hydroxyl groups is 2. The number of unbranched alkanes of at least 4 members (excludes halogenated alkanes) is 3. The Balaban J connectivity index is 3.02. The summed E-state index contributed by atoms with van der Waals surface area (Å²) < 4.78 is 0. The van der Waals surface area contributed by atoms with Crippen LogP contribution in [-0.4, -0.2) is 36.0 Å². The van der Waals surface area contributed by atoms with Gasteiger partial charge in [0.15, 0.2) is 0 Å². The van der Waals surface area contributed by atoms with E-state index in [0.717, 1.165) is 32.2 Å². The molecule has 3 heteroatoms. The van der Waals surface area contributed by atoms with Gasteiger partial charge in [0, 0.05) is 19.3 Å². The van der Waals surface area contributed by atoms with Crippen LogP contribution in [0.3, 0.4) is 0 Å². The molecule has 3 nitrogen and oxygen atoms in total. The van der Waals surface area contributed by atoms with E-state index in [2.05, 4.69) is 12.2 Å². The van der Waals surface area contributed by atoms with Crippen LogP contribution in [0.25, 0.3) is 0 Å². The van der Waals surface area contributed by atoms with Gasteiger partial charge >= 0.3 is 0 Å². The lowest BCUT2D eigenvalue weighted by atomic mass is 10.1. The summed E-state index contributed by atoms with van der Waals surface area (Å²) >= 11 is 0. The number of nitrogens with one attached hydrogen (secondary N) is 1. The Morgan fingerprint density at radius 3 is 2.21 bits per heavy atom. The third-order valence-electron chi connectivity index (χ3n) is 2.37. The molecule has 0 saturated carbocycles. The largest absolute Gasteiger partial charge is 0.396 e. The minimum atomic E-state index is 0.294. The maximum Gasteiger partial charge on any atom is 0.0431 e. The Bertz CT molecular complexity index is 109. The predicted octanol–water partition coefficient (Wildman–Crippen LogP) is 1.29. The van der Waals surface area contributed by atoms with Gasteiger partial charge in [-0.2, -0.15) is 0 Å². The molecule has 14 heavy (non-hydrogen) atoms. The smallest absolute Gasteiger partial charge is 0.0431 e. The van der Waals surface area contributed by atoms with Crippen LogP contribution in [-0.2, 0) is 0 Å². The first kappa shape index (κ1) is 13.9. The summed E-state index contributed by atoms with van der Waals surface area (Å²) in [6.45, 7) is 3.82. The summed E-state index contributed by atoms with van der Waals surface area (Å²) in [4.78, 5) is 0. The molecule has 0 aromatic rings. The molecule has 0 amide bonds. The molecule has 0 aromatic heterocycles. The molecule has 0 saturated heterocycles. The average molecular weight is 203 g/mol. The standard InChI is InChI=1S/C11H25NO2/c1-11(7-6-10-14)12-8-4-2-3-5-9-13/h11-14H,2-10H2,1H3. The minimum absolute atomic E-state index is 0.294. The molecule has 0 bridgehead atoms. The van der Waals surface area contributed by atoms with Gasteiger partial charge in [-0.3, -0.25) is 0 Å². The highest BCUT2D eigenvalue weighted by atomic mass is 16.3. The first-order valence-electron chi connectivity index (χ1n) is 5.76. The number of hydrogen-bond donors (Lipinski definition) is 3. The SMILES string of the molecule is CC(CCCO)NCCCCCCO. The maximum atomic E-state index is 8.63. The number of rotatable bonds is 10. The zero-order valence-electron chi connectivity index (χ0n) is 9.34. The molecule has 0 rings (SSSR count). The van der Waals surface area contributed by atoms with E-state index < -0.39 is 0 Å². The molecule has 1 atom stereocenters. The minimum Gasteiger partial charge on any atom is -0.396 e. The van der Waals surface area contributed by atoms with E-state index in [9.17, 15) is 0 Å². The predicted molar refractivity (Wildman–Crippen MR) is 59.3 cm³/mol. The van der Waals surface area contributed by atoms with Crippen molar-refractivity contribution in [3.63, 3.8) is 0 Å². The van der Waals surface area contributed by atoms with Gasteiger partial charge in [0.25, 0.3) is 0 Å². The molecule has 86 valence electrons. The van der Waals surface area contributed by atoms with Crippen LogP contribution in [0.2, 0.25) is 0 Å². The van der Waals surface area contributed by atoms with E-state index in [4.69, 9.17) is 10.2 Å². The fraction of sp³-hybridized carbons (Fsp3) is 1.00. The van der Waals surface area contributed by atoms with Crippen molar-refractivity contribution < 1.29 is 10.2 Å². The van der Waals surface area contributed by atoms with Gasteiger partial charge in [0.2, 0.25) is 0 Å². The van der Waals surface area contributed by atoms with Crippen molar-refractivity contribution in [2.24, 2.45) is 0 Å². The molecule has 0 aliphatic rings. The Morgan fingerprint density at radius 1 is 0.929 bits per heavy atom. The molecule has 0 fully saturated rings. The Kier molecular flexibility index (Phi) is 10.9. The molecule has 3 N–H and O–H groups in total. The Hall–Kier alpha value is -0.120. The van der Waals surface area contributed by atoms with Crippen LogP contribution in [0.5, 0.6) is 0 Å². The Morgan fingerprint density at radius 2 is 1.57 bits per heavy atom. The second-order valence-electron chi connectivity index (χ2n) is 3.86. The van der Waals surface area contributed by atoms with Gasteiger partial charge in [-0.25, -0.2) is 0 Å². The normalized spacial score (nSPS) is 13.1. The highest BCUT2D eigenvalue weighted by molar-refractivity contribution is 4.60. The van der Waals surface area contributed by atoms with Crippen molar-refractivity contribution in [3.8, 4) is 0 Å². The first-order chi connectivity index (χ1) is 6.81. The molecular weight excluding hydrogens is 178 g/mol. The molecule has 1 unspecified atom stereocenters. The lowest BCUT2D eigenvalue weighted by Crippen LogP contribution is -2.27. The van der Waals surface area contributed by atoms with E-state index >= 15 is 0 Å². The highest BCUT2D eigenvalue weighted by Crippen LogP contribution is 1.99. The van der Waals surface area contributed by atoms with E-state index in [1.165, 1.54) is 12.8 Å². The quantitative estimate of drug-likeness (QED) is 0.469. The van der Waals surface area contributed by atoms with E-state index in [1.807, 2.05) is 0 Å². The van der Waals surface area contributed by atoms with Gasteiger partial charge in [-0.05, 0) is 39.2 Å². The summed E-state index contributed by atoms with van der Waals surface area (Å²) in [5.74, 6) is 0. The van der Waals surface area contributed by atoms with Crippen molar-refractivity contribution in [2.45, 2.75) is 51.5 Å². The number of hydrogen-bond acceptors (Lipinski definition) is 3. The third-order valence-corrected chi connectivity index (χ3v) is 2.37. The van der Waals surface area contributed by atoms with Crippen molar-refractivity contribution in [1.82, 2.24) is 5.32 Å². The fourth-order valence-corrected chi connectivity index (χ4v) is 1.44. The lowest BCUT2D eigenvalue weighted by molar-refractivity contribution is 0.275. The van der Waals surface area contributed by atoms with Crippen molar-refractivity contribution >= 4 is 0 Å². The van der Waals surface area contributed by atoms with E-state index in [1.54, 1.807) is 0 Å². The van der Waals surface area contributed by atoms with Crippen LogP contribution < -0.4 is 5.32 Å². The molecule has 0 aliphatic carbocycles. The third kappa shape index (κ3) is 9.96. The highest BCUT2D eigenvalue weighted by Gasteiger charge is 1.99.